The first-order valence-corrected chi connectivity index (χ1v) is 10.0. The lowest BCUT2D eigenvalue weighted by atomic mass is 10.1. The Morgan fingerprint density at radius 1 is 1.00 bits per heavy atom. The van der Waals surface area contributed by atoms with E-state index >= 15 is 0 Å². The molecule has 3 rings (SSSR count). The topological polar surface area (TPSA) is 135 Å². The largest absolute Gasteiger partial charge is 0.308 e. The molecule has 4 N–H and O–H groups in total. The normalized spacial score (nSPS) is 15.3. The summed E-state index contributed by atoms with van der Waals surface area (Å²) in [6, 6.07) is 7.24. The predicted molar refractivity (Wildman–Crippen MR) is 90.4 cm³/mol. The van der Waals surface area contributed by atoms with Gasteiger partial charge in [-0.25, -0.2) is 0 Å². The molecule has 0 bridgehead atoms. The first-order valence-electron chi connectivity index (χ1n) is 6.93. The lowest BCUT2D eigenvalue weighted by Crippen LogP contribution is -2.28. The van der Waals surface area contributed by atoms with E-state index < -0.39 is 21.0 Å². The summed E-state index contributed by atoms with van der Waals surface area (Å²) in [6.07, 6.45) is 0.153. The first-order chi connectivity index (χ1) is 11.1. The number of carbonyl (C=O) groups excluding carboxylic acids is 1. The minimum Gasteiger partial charge on any atom is -0.308 e. The molecular formula is C14H15NO7S2. The zero-order valence-corrected chi connectivity index (χ0v) is 13.9. The van der Waals surface area contributed by atoms with Gasteiger partial charge in [-0.2, -0.15) is 8.42 Å². The average molecular weight is 373 g/mol. The zero-order chi connectivity index (χ0) is 17.7. The zero-order valence-electron chi connectivity index (χ0n) is 12.3. The number of amides is 1. The summed E-state index contributed by atoms with van der Waals surface area (Å²) in [5, 5.41) is 0.669. The van der Waals surface area contributed by atoms with Crippen LogP contribution in [0.1, 0.15) is 16.8 Å². The van der Waals surface area contributed by atoms with Crippen LogP contribution in [-0.2, 0) is 10.1 Å². The quantitative estimate of drug-likeness (QED) is 0.592. The Hall–Kier alpha value is -1.69. The third kappa shape index (κ3) is 2.99. The lowest BCUT2D eigenvalue weighted by Gasteiger charge is -2.22. The molecule has 1 aliphatic heterocycles. The molecule has 1 heterocycles. The molecule has 0 aromatic heterocycles. The Balaban J connectivity index is 2.05. The Morgan fingerprint density at radius 3 is 2.33 bits per heavy atom. The summed E-state index contributed by atoms with van der Waals surface area (Å²) in [6.45, 7) is 0.129. The third-order valence-corrected chi connectivity index (χ3v) is 5.57. The van der Waals surface area contributed by atoms with Gasteiger partial charge >= 0.3 is 0 Å². The molecule has 0 saturated carbocycles. The smallest absolute Gasteiger partial charge is 0.295 e. The van der Waals surface area contributed by atoms with Crippen LogP contribution in [0, 0.1) is 0 Å². The van der Waals surface area contributed by atoms with Gasteiger partial charge in [-0.15, -0.1) is 0 Å². The van der Waals surface area contributed by atoms with Crippen LogP contribution in [0.25, 0.3) is 10.8 Å². The monoisotopic (exact) mass is 373 g/mol. The molecule has 130 valence electrons. The number of hydrogen-bond donors (Lipinski definition) is 4. The van der Waals surface area contributed by atoms with Crippen LogP contribution < -0.4 is 4.90 Å². The Morgan fingerprint density at radius 2 is 1.71 bits per heavy atom. The Bertz CT molecular complexity index is 934. The second-order valence-electron chi connectivity index (χ2n) is 5.43. The summed E-state index contributed by atoms with van der Waals surface area (Å²) in [5.41, 5.74) is 0.788. The highest BCUT2D eigenvalue weighted by Crippen LogP contribution is 2.40. The molecule has 0 fully saturated rings. The van der Waals surface area contributed by atoms with Gasteiger partial charge in [0.15, 0.2) is 0 Å². The maximum Gasteiger partial charge on any atom is 0.295 e. The molecule has 10 heteroatoms. The van der Waals surface area contributed by atoms with E-state index in [0.717, 1.165) is 0 Å². The van der Waals surface area contributed by atoms with E-state index in [4.69, 9.17) is 13.7 Å². The summed E-state index contributed by atoms with van der Waals surface area (Å²) in [7, 11) is -8.06. The highest BCUT2D eigenvalue weighted by molar-refractivity contribution is 8.19. The number of nitrogens with zero attached hydrogens (tertiary/aromatic N) is 1. The van der Waals surface area contributed by atoms with Gasteiger partial charge in [0.1, 0.15) is 4.90 Å². The van der Waals surface area contributed by atoms with Crippen molar-refractivity contribution in [2.24, 2.45) is 0 Å². The van der Waals surface area contributed by atoms with Crippen LogP contribution in [0.4, 0.5) is 5.69 Å². The number of benzene rings is 2. The molecule has 0 aliphatic carbocycles. The van der Waals surface area contributed by atoms with Crippen LogP contribution >= 0.6 is 10.9 Å². The molecule has 1 amide bonds. The molecule has 1 aliphatic rings. The SMILES string of the molecule is O=C1c2cccc3c(S(=O)(=O)O)ccc(c23)N1CCCS(O)(O)O. The molecule has 2 aromatic rings. The van der Waals surface area contributed by atoms with Gasteiger partial charge in [0.25, 0.3) is 16.0 Å². The van der Waals surface area contributed by atoms with Crippen molar-refractivity contribution in [1.82, 2.24) is 0 Å². The lowest BCUT2D eigenvalue weighted by molar-refractivity contribution is 0.0993. The minimum atomic E-state index is -4.43. The fraction of sp³-hybridized carbons (Fsp3) is 0.214. The maximum atomic E-state index is 12.5. The fourth-order valence-corrected chi connectivity index (χ4v) is 4.09. The first kappa shape index (κ1) is 17.1. The average Bonchev–Trinajstić information content (AvgIpc) is 2.73. The van der Waals surface area contributed by atoms with Gasteiger partial charge in [0.2, 0.25) is 0 Å². The van der Waals surface area contributed by atoms with Gasteiger partial charge in [-0.3, -0.25) is 9.35 Å². The second-order valence-corrected chi connectivity index (χ2v) is 8.50. The molecule has 2 aromatic carbocycles. The maximum absolute atomic E-state index is 12.5. The number of carbonyl (C=O) groups is 1. The highest BCUT2D eigenvalue weighted by Gasteiger charge is 2.31. The van der Waals surface area contributed by atoms with Crippen molar-refractivity contribution in [3.8, 4) is 0 Å². The van der Waals surface area contributed by atoms with E-state index in [2.05, 4.69) is 0 Å². The molecule has 0 atom stereocenters. The summed E-state index contributed by atoms with van der Waals surface area (Å²) in [4.78, 5) is 13.6. The van der Waals surface area contributed by atoms with Crippen LogP contribution in [0.2, 0.25) is 0 Å². The Labute approximate surface area is 139 Å². The third-order valence-electron chi connectivity index (χ3n) is 3.82. The number of hydrogen-bond acceptors (Lipinski definition) is 6. The fourth-order valence-electron chi connectivity index (χ4n) is 2.88. The molecule has 0 unspecified atom stereocenters. The van der Waals surface area contributed by atoms with E-state index in [9.17, 15) is 17.8 Å². The summed E-state index contributed by atoms with van der Waals surface area (Å²) < 4.78 is 59.4. The van der Waals surface area contributed by atoms with Crippen molar-refractivity contribution in [2.45, 2.75) is 11.3 Å². The van der Waals surface area contributed by atoms with E-state index in [1.807, 2.05) is 0 Å². The number of anilines is 1. The number of rotatable bonds is 5. The van der Waals surface area contributed by atoms with Crippen molar-refractivity contribution in [3.05, 3.63) is 35.9 Å². The molecule has 0 radical (unpaired) electrons. The van der Waals surface area contributed by atoms with Crippen molar-refractivity contribution in [2.75, 3.05) is 17.2 Å². The van der Waals surface area contributed by atoms with Crippen LogP contribution in [0.3, 0.4) is 0 Å². The molecule has 0 saturated heterocycles. The van der Waals surface area contributed by atoms with Crippen molar-refractivity contribution in [1.29, 1.82) is 0 Å². The van der Waals surface area contributed by atoms with Gasteiger partial charge in [0.05, 0.1) is 16.6 Å². The van der Waals surface area contributed by atoms with E-state index in [1.165, 1.54) is 29.2 Å². The molecule has 24 heavy (non-hydrogen) atoms. The molecule has 0 spiro atoms. The van der Waals surface area contributed by atoms with Crippen molar-refractivity contribution in [3.63, 3.8) is 0 Å². The van der Waals surface area contributed by atoms with Crippen LogP contribution in [0.5, 0.6) is 0 Å². The van der Waals surface area contributed by atoms with Crippen molar-refractivity contribution >= 4 is 43.4 Å². The predicted octanol–water partition coefficient (Wildman–Crippen LogP) is 2.66. The van der Waals surface area contributed by atoms with Gasteiger partial charge in [0, 0.05) is 28.6 Å². The van der Waals surface area contributed by atoms with Gasteiger partial charge in [-0.05, 0) is 24.6 Å². The van der Waals surface area contributed by atoms with Gasteiger partial charge < -0.3 is 18.6 Å². The standard InChI is InChI=1S/C14H15NO7S2/c16-14-10-4-1-3-9-12(24(20,21)22)6-5-11(13(9)10)15(14)7-2-8-23(17,18)19/h1,3-6,17-19H,2,7-8H2,(H,20,21,22). The highest BCUT2D eigenvalue weighted by atomic mass is 32.3. The van der Waals surface area contributed by atoms with Crippen LogP contribution in [-0.4, -0.2) is 44.8 Å². The van der Waals surface area contributed by atoms with Gasteiger partial charge in [-0.1, -0.05) is 12.1 Å². The Kier molecular flexibility index (Phi) is 4.06. The van der Waals surface area contributed by atoms with Crippen LogP contribution in [0.15, 0.2) is 35.2 Å². The molecule has 8 nitrogen and oxygen atoms in total. The molecular weight excluding hydrogens is 358 g/mol. The minimum absolute atomic E-state index is 0.129. The van der Waals surface area contributed by atoms with E-state index in [0.29, 0.717) is 16.6 Å². The summed E-state index contributed by atoms with van der Waals surface area (Å²) >= 11 is 0. The second kappa shape index (κ2) is 5.69. The van der Waals surface area contributed by atoms with E-state index in [-0.39, 0.29) is 34.9 Å². The summed E-state index contributed by atoms with van der Waals surface area (Å²) in [5.74, 6) is -0.614. The van der Waals surface area contributed by atoms with Crippen molar-refractivity contribution < 1.29 is 31.4 Å². The van der Waals surface area contributed by atoms with E-state index in [1.54, 1.807) is 6.07 Å².